The SMILES string of the molecule is Nn1c(SCc2nnc(-c3ccc([N+](=O)[O-])cc3)o2)nc2scc(-c3ccccc3)c2c1=O. The molecule has 0 radical (unpaired) electrons. The molecule has 2 N–H and O–H groups in total. The predicted molar refractivity (Wildman–Crippen MR) is 125 cm³/mol. The quantitative estimate of drug-likeness (QED) is 0.125. The number of hydrogen-bond donors (Lipinski definition) is 1. The average molecular weight is 479 g/mol. The maximum atomic E-state index is 13.0. The number of benzene rings is 2. The molecule has 0 atom stereocenters. The summed E-state index contributed by atoms with van der Waals surface area (Å²) in [7, 11) is 0. The van der Waals surface area contributed by atoms with Crippen molar-refractivity contribution in [2.24, 2.45) is 0 Å². The van der Waals surface area contributed by atoms with E-state index < -0.39 is 4.92 Å². The molecular weight excluding hydrogens is 464 g/mol. The number of nitrogen functional groups attached to an aromatic ring is 1. The average Bonchev–Trinajstić information content (AvgIpc) is 3.48. The van der Waals surface area contributed by atoms with Gasteiger partial charge in [0.1, 0.15) is 4.83 Å². The fraction of sp³-hybridized carbons (Fsp3) is 0.0476. The van der Waals surface area contributed by atoms with Crippen molar-refractivity contribution < 1.29 is 9.34 Å². The standard InChI is InChI=1S/C21H14N6O4S2/c22-26-20(28)17-15(12-4-2-1-3-5-12)10-32-19(17)23-21(26)33-11-16-24-25-18(31-16)13-6-8-14(9-7-13)27(29)30/h1-10H,11,22H2. The summed E-state index contributed by atoms with van der Waals surface area (Å²) in [5, 5.41) is 21.5. The molecule has 0 fully saturated rings. The smallest absolute Gasteiger partial charge is 0.282 e. The minimum Gasteiger partial charge on any atom is -0.420 e. The lowest BCUT2D eigenvalue weighted by Crippen LogP contribution is -2.29. The summed E-state index contributed by atoms with van der Waals surface area (Å²) in [5.74, 6) is 6.84. The third-order valence-corrected chi connectivity index (χ3v) is 6.62. The van der Waals surface area contributed by atoms with Gasteiger partial charge in [-0.25, -0.2) is 9.66 Å². The summed E-state index contributed by atoms with van der Waals surface area (Å²) < 4.78 is 6.67. The van der Waals surface area contributed by atoms with E-state index in [9.17, 15) is 14.9 Å². The molecule has 3 aromatic heterocycles. The molecule has 2 aromatic carbocycles. The Morgan fingerprint density at radius 3 is 2.58 bits per heavy atom. The van der Waals surface area contributed by atoms with Crippen molar-refractivity contribution in [2.75, 3.05) is 5.84 Å². The maximum absolute atomic E-state index is 13.0. The molecule has 0 aliphatic rings. The van der Waals surface area contributed by atoms with E-state index in [4.69, 9.17) is 10.3 Å². The summed E-state index contributed by atoms with van der Waals surface area (Å²) in [4.78, 5) is 28.4. The predicted octanol–water partition coefficient (Wildman–Crippen LogP) is 4.09. The highest BCUT2D eigenvalue weighted by atomic mass is 32.2. The Kier molecular flexibility index (Phi) is 5.36. The molecular formula is C21H14N6O4S2. The zero-order chi connectivity index (χ0) is 22.9. The lowest BCUT2D eigenvalue weighted by atomic mass is 10.1. The van der Waals surface area contributed by atoms with Gasteiger partial charge >= 0.3 is 0 Å². The molecule has 0 saturated carbocycles. The Labute approximate surface area is 193 Å². The molecule has 0 saturated heterocycles. The van der Waals surface area contributed by atoms with Crippen LogP contribution >= 0.6 is 23.1 Å². The molecule has 12 heteroatoms. The number of fused-ring (bicyclic) bond motifs is 1. The van der Waals surface area contributed by atoms with Crippen LogP contribution < -0.4 is 11.4 Å². The van der Waals surface area contributed by atoms with E-state index in [-0.39, 0.29) is 22.9 Å². The van der Waals surface area contributed by atoms with Crippen LogP contribution in [0.1, 0.15) is 5.89 Å². The molecule has 5 rings (SSSR count). The molecule has 0 spiro atoms. The van der Waals surface area contributed by atoms with Gasteiger partial charge in [-0.15, -0.1) is 21.5 Å². The number of rotatable bonds is 6. The largest absolute Gasteiger partial charge is 0.420 e. The molecule has 3 heterocycles. The summed E-state index contributed by atoms with van der Waals surface area (Å²) >= 11 is 2.58. The van der Waals surface area contributed by atoms with E-state index in [1.165, 1.54) is 47.4 Å². The van der Waals surface area contributed by atoms with Crippen LogP contribution in [0.15, 0.2) is 74.3 Å². The Morgan fingerprint density at radius 1 is 1.09 bits per heavy atom. The van der Waals surface area contributed by atoms with Crippen LogP contribution in [-0.2, 0) is 5.75 Å². The van der Waals surface area contributed by atoms with Gasteiger partial charge < -0.3 is 10.3 Å². The Bertz CT molecular complexity index is 1530. The zero-order valence-corrected chi connectivity index (χ0v) is 18.4. The first-order valence-corrected chi connectivity index (χ1v) is 11.4. The van der Waals surface area contributed by atoms with Gasteiger partial charge in [-0.1, -0.05) is 42.1 Å². The van der Waals surface area contributed by atoms with E-state index >= 15 is 0 Å². The first-order chi connectivity index (χ1) is 16.0. The van der Waals surface area contributed by atoms with Gasteiger partial charge in [0.05, 0.1) is 16.1 Å². The van der Waals surface area contributed by atoms with E-state index in [0.29, 0.717) is 26.8 Å². The van der Waals surface area contributed by atoms with Crippen LogP contribution in [0, 0.1) is 10.1 Å². The first kappa shape index (κ1) is 20.8. The second kappa shape index (κ2) is 8.48. The van der Waals surface area contributed by atoms with Gasteiger partial charge in [0.15, 0.2) is 5.16 Å². The van der Waals surface area contributed by atoms with Gasteiger partial charge in [0, 0.05) is 28.6 Å². The lowest BCUT2D eigenvalue weighted by Gasteiger charge is -2.06. The molecule has 0 bridgehead atoms. The van der Waals surface area contributed by atoms with Gasteiger partial charge in [-0.3, -0.25) is 14.9 Å². The summed E-state index contributed by atoms with van der Waals surface area (Å²) in [6.07, 6.45) is 0. The number of thiophene rings is 1. The van der Waals surface area contributed by atoms with Crippen molar-refractivity contribution in [3.05, 3.63) is 86.3 Å². The van der Waals surface area contributed by atoms with Crippen molar-refractivity contribution in [1.29, 1.82) is 0 Å². The minimum atomic E-state index is -0.480. The van der Waals surface area contributed by atoms with E-state index in [1.54, 1.807) is 0 Å². The molecule has 10 nitrogen and oxygen atoms in total. The zero-order valence-electron chi connectivity index (χ0n) is 16.7. The van der Waals surface area contributed by atoms with Gasteiger partial charge in [0.25, 0.3) is 11.2 Å². The van der Waals surface area contributed by atoms with Gasteiger partial charge in [0.2, 0.25) is 11.8 Å². The molecule has 0 aliphatic heterocycles. The van der Waals surface area contributed by atoms with Crippen LogP contribution in [-0.4, -0.2) is 24.8 Å². The Balaban J connectivity index is 1.38. The van der Waals surface area contributed by atoms with E-state index in [1.807, 2.05) is 35.7 Å². The van der Waals surface area contributed by atoms with Crippen molar-refractivity contribution in [3.8, 4) is 22.6 Å². The minimum absolute atomic E-state index is 0.0274. The Hall–Kier alpha value is -4.03. The van der Waals surface area contributed by atoms with Crippen LogP contribution in [0.2, 0.25) is 0 Å². The molecule has 5 aromatic rings. The highest BCUT2D eigenvalue weighted by Gasteiger charge is 2.17. The molecule has 0 unspecified atom stereocenters. The number of thioether (sulfide) groups is 1. The molecule has 164 valence electrons. The highest BCUT2D eigenvalue weighted by Crippen LogP contribution is 2.32. The lowest BCUT2D eigenvalue weighted by molar-refractivity contribution is -0.384. The summed E-state index contributed by atoms with van der Waals surface area (Å²) in [6.45, 7) is 0. The number of aromatic nitrogens is 4. The number of hydrogen-bond acceptors (Lipinski definition) is 10. The molecule has 0 aliphatic carbocycles. The summed E-state index contributed by atoms with van der Waals surface area (Å²) in [6, 6.07) is 15.4. The normalized spacial score (nSPS) is 11.2. The van der Waals surface area contributed by atoms with Gasteiger partial charge in [-0.05, 0) is 17.7 Å². The van der Waals surface area contributed by atoms with E-state index in [0.717, 1.165) is 15.8 Å². The fourth-order valence-electron chi connectivity index (χ4n) is 3.20. The second-order valence-corrected chi connectivity index (χ2v) is 8.66. The van der Waals surface area contributed by atoms with Crippen molar-refractivity contribution in [2.45, 2.75) is 10.9 Å². The first-order valence-electron chi connectivity index (χ1n) is 9.56. The van der Waals surface area contributed by atoms with E-state index in [2.05, 4.69) is 15.2 Å². The summed E-state index contributed by atoms with van der Waals surface area (Å²) in [5.41, 5.74) is 1.92. The van der Waals surface area contributed by atoms with Crippen LogP contribution in [0.4, 0.5) is 5.69 Å². The fourth-order valence-corrected chi connectivity index (χ4v) is 4.94. The number of nitrogens with two attached hydrogens (primary N) is 1. The molecule has 0 amide bonds. The van der Waals surface area contributed by atoms with Crippen LogP contribution in [0.25, 0.3) is 32.8 Å². The van der Waals surface area contributed by atoms with Crippen LogP contribution in [0.3, 0.4) is 0 Å². The number of non-ortho nitro benzene ring substituents is 1. The van der Waals surface area contributed by atoms with Crippen molar-refractivity contribution in [3.63, 3.8) is 0 Å². The topological polar surface area (TPSA) is 143 Å². The third-order valence-electron chi connectivity index (χ3n) is 4.81. The Morgan fingerprint density at radius 2 is 1.85 bits per heavy atom. The molecule has 33 heavy (non-hydrogen) atoms. The van der Waals surface area contributed by atoms with Crippen molar-refractivity contribution in [1.82, 2.24) is 19.9 Å². The number of nitro benzene ring substituents is 1. The van der Waals surface area contributed by atoms with Gasteiger partial charge in [-0.2, -0.15) is 0 Å². The maximum Gasteiger partial charge on any atom is 0.282 e. The second-order valence-electron chi connectivity index (χ2n) is 6.86. The highest BCUT2D eigenvalue weighted by molar-refractivity contribution is 7.98. The van der Waals surface area contributed by atoms with Crippen LogP contribution in [0.5, 0.6) is 0 Å². The number of nitro groups is 1. The monoisotopic (exact) mass is 478 g/mol. The van der Waals surface area contributed by atoms with Crippen molar-refractivity contribution >= 4 is 39.0 Å². The number of nitrogens with zero attached hydrogens (tertiary/aromatic N) is 5. The third kappa shape index (κ3) is 3.97.